The van der Waals surface area contributed by atoms with E-state index in [4.69, 9.17) is 11.6 Å². The normalized spacial score (nSPS) is 17.6. The third kappa shape index (κ3) is 6.60. The van der Waals surface area contributed by atoms with Crippen molar-refractivity contribution in [2.45, 2.75) is 37.4 Å². The number of likely N-dealkylation sites (tertiary alicyclic amines) is 1. The zero-order valence-corrected chi connectivity index (χ0v) is 20.0. The summed E-state index contributed by atoms with van der Waals surface area (Å²) >= 11 is 6.50. The standard InChI is InChI=1S/C22H27ClFN3O2S2/c1-3-31(29)21-7-6-18(23)10-17(21)12-25-22(28)15-4-5-16(20(24)11-15)13-27-9-8-19(14-27)26-30-2/h4-7,10-11,19,26H,3,8-9,12-14H2,1-2H3,(H,25,28)/t19-,31?/m1/s1. The number of hydrogen-bond donors (Lipinski definition) is 2. The molecular formula is C22H27ClFN3O2S2. The van der Waals surface area contributed by atoms with Gasteiger partial charge >= 0.3 is 0 Å². The van der Waals surface area contributed by atoms with E-state index in [0.717, 1.165) is 19.5 Å². The number of carbonyl (C=O) groups excluding carboxylic acids is 1. The monoisotopic (exact) mass is 483 g/mol. The number of benzene rings is 2. The van der Waals surface area contributed by atoms with E-state index in [2.05, 4.69) is 14.9 Å². The Morgan fingerprint density at radius 1 is 1.32 bits per heavy atom. The highest BCUT2D eigenvalue weighted by molar-refractivity contribution is 7.96. The first kappa shape index (κ1) is 24.4. The molecule has 0 aliphatic carbocycles. The summed E-state index contributed by atoms with van der Waals surface area (Å²) in [6, 6.07) is 10.1. The Hall–Kier alpha value is -1.29. The molecule has 31 heavy (non-hydrogen) atoms. The Morgan fingerprint density at radius 3 is 2.84 bits per heavy atom. The van der Waals surface area contributed by atoms with Crippen molar-refractivity contribution in [3.8, 4) is 0 Å². The van der Waals surface area contributed by atoms with E-state index in [-0.39, 0.29) is 23.8 Å². The van der Waals surface area contributed by atoms with Crippen molar-refractivity contribution in [1.82, 2.24) is 14.9 Å². The van der Waals surface area contributed by atoms with Crippen molar-refractivity contribution in [1.29, 1.82) is 0 Å². The van der Waals surface area contributed by atoms with E-state index in [1.807, 2.05) is 13.2 Å². The highest BCUT2D eigenvalue weighted by atomic mass is 35.5. The van der Waals surface area contributed by atoms with E-state index in [9.17, 15) is 13.7 Å². The zero-order valence-electron chi connectivity index (χ0n) is 17.6. The van der Waals surface area contributed by atoms with Gasteiger partial charge in [0.05, 0.1) is 0 Å². The largest absolute Gasteiger partial charge is 0.611 e. The Morgan fingerprint density at radius 2 is 2.13 bits per heavy atom. The first-order chi connectivity index (χ1) is 14.9. The average Bonchev–Trinajstić information content (AvgIpc) is 3.20. The minimum Gasteiger partial charge on any atom is -0.611 e. The SMILES string of the molecule is CC[S+]([O-])c1ccc(Cl)cc1CNC(=O)c1ccc(CN2CC[C@@H](NSC)C2)c(F)c1. The van der Waals surface area contributed by atoms with Gasteiger partial charge in [0.15, 0.2) is 4.90 Å². The summed E-state index contributed by atoms with van der Waals surface area (Å²) in [5, 5.41) is 3.29. The summed E-state index contributed by atoms with van der Waals surface area (Å²) in [4.78, 5) is 15.4. The smallest absolute Gasteiger partial charge is 0.251 e. The quantitative estimate of drug-likeness (QED) is 0.417. The number of nitrogens with zero attached hydrogens (tertiary/aromatic N) is 1. The second kappa shape index (κ2) is 11.5. The maximum atomic E-state index is 14.7. The molecule has 3 rings (SSSR count). The second-order valence-electron chi connectivity index (χ2n) is 7.42. The number of hydrogen-bond acceptors (Lipinski definition) is 5. The van der Waals surface area contributed by atoms with Crippen molar-refractivity contribution in [3.05, 3.63) is 63.9 Å². The van der Waals surface area contributed by atoms with Crippen molar-refractivity contribution < 1.29 is 13.7 Å². The lowest BCUT2D eigenvalue weighted by Gasteiger charge is -2.17. The van der Waals surface area contributed by atoms with Crippen molar-refractivity contribution in [2.24, 2.45) is 0 Å². The molecule has 0 bridgehead atoms. The van der Waals surface area contributed by atoms with Gasteiger partial charge in [-0.25, -0.2) is 4.39 Å². The van der Waals surface area contributed by atoms with Crippen LogP contribution >= 0.6 is 23.5 Å². The Bertz CT molecular complexity index is 918. The van der Waals surface area contributed by atoms with Gasteiger partial charge in [-0.3, -0.25) is 14.4 Å². The van der Waals surface area contributed by atoms with Gasteiger partial charge in [-0.1, -0.05) is 29.6 Å². The van der Waals surface area contributed by atoms with E-state index in [0.29, 0.717) is 39.4 Å². The van der Waals surface area contributed by atoms with Gasteiger partial charge in [0.25, 0.3) is 5.91 Å². The molecule has 0 saturated carbocycles. The Balaban J connectivity index is 1.62. The lowest BCUT2D eigenvalue weighted by atomic mass is 10.1. The van der Waals surface area contributed by atoms with Gasteiger partial charge in [-0.05, 0) is 61.1 Å². The predicted octanol–water partition coefficient (Wildman–Crippen LogP) is 3.98. The van der Waals surface area contributed by atoms with Crippen molar-refractivity contribution in [3.63, 3.8) is 0 Å². The maximum Gasteiger partial charge on any atom is 0.251 e. The van der Waals surface area contributed by atoms with Gasteiger partial charge in [-0.15, -0.1) is 0 Å². The second-order valence-corrected chi connectivity index (χ2v) is 10.2. The summed E-state index contributed by atoms with van der Waals surface area (Å²) in [7, 11) is 0. The molecule has 2 aromatic rings. The topological polar surface area (TPSA) is 67.4 Å². The van der Waals surface area contributed by atoms with Crippen LogP contribution in [0.1, 0.15) is 34.8 Å². The Kier molecular flexibility index (Phi) is 9.06. The first-order valence-corrected chi connectivity index (χ1v) is 13.1. The van der Waals surface area contributed by atoms with E-state index in [1.54, 1.807) is 42.3 Å². The molecule has 0 spiro atoms. The molecule has 1 saturated heterocycles. The molecule has 9 heteroatoms. The Labute approximate surface area is 195 Å². The molecule has 2 aromatic carbocycles. The van der Waals surface area contributed by atoms with Gasteiger partial charge in [0, 0.05) is 53.9 Å². The molecule has 2 N–H and O–H groups in total. The number of nitrogens with one attached hydrogen (secondary N) is 2. The molecular weight excluding hydrogens is 457 g/mol. The molecule has 5 nitrogen and oxygen atoms in total. The van der Waals surface area contributed by atoms with Crippen LogP contribution in [0.25, 0.3) is 0 Å². The fraction of sp³-hybridized carbons (Fsp3) is 0.409. The third-order valence-corrected chi connectivity index (χ3v) is 7.45. The van der Waals surface area contributed by atoms with Gasteiger partial charge in [-0.2, -0.15) is 0 Å². The minimum atomic E-state index is -1.16. The van der Waals surface area contributed by atoms with Crippen LogP contribution in [0.4, 0.5) is 4.39 Å². The summed E-state index contributed by atoms with van der Waals surface area (Å²) in [5.41, 5.74) is 1.53. The predicted molar refractivity (Wildman–Crippen MR) is 126 cm³/mol. The van der Waals surface area contributed by atoms with Gasteiger partial charge in [0.2, 0.25) is 0 Å². The van der Waals surface area contributed by atoms with E-state index >= 15 is 0 Å². The fourth-order valence-corrected chi connectivity index (χ4v) is 5.31. The molecule has 1 fully saturated rings. The summed E-state index contributed by atoms with van der Waals surface area (Å²) in [6.07, 6.45) is 3.04. The molecule has 1 aliphatic rings. The molecule has 1 unspecified atom stereocenters. The molecule has 168 valence electrons. The van der Waals surface area contributed by atoms with Gasteiger partial charge in [0.1, 0.15) is 11.6 Å². The number of halogens is 2. The van der Waals surface area contributed by atoms with Crippen LogP contribution in [0.2, 0.25) is 5.02 Å². The molecule has 0 aromatic heterocycles. The summed E-state index contributed by atoms with van der Waals surface area (Å²) < 4.78 is 30.2. The summed E-state index contributed by atoms with van der Waals surface area (Å²) in [6.45, 7) is 4.32. The van der Waals surface area contributed by atoms with Crippen molar-refractivity contribution in [2.75, 3.05) is 25.1 Å². The molecule has 1 heterocycles. The first-order valence-electron chi connectivity index (χ1n) is 10.2. The lowest BCUT2D eigenvalue weighted by Crippen LogP contribution is -2.28. The van der Waals surface area contributed by atoms with Crippen LogP contribution in [-0.4, -0.2) is 46.5 Å². The highest BCUT2D eigenvalue weighted by Gasteiger charge is 2.23. The van der Waals surface area contributed by atoms with Crippen LogP contribution in [0, 0.1) is 5.82 Å². The van der Waals surface area contributed by atoms with Crippen LogP contribution < -0.4 is 10.0 Å². The maximum absolute atomic E-state index is 14.7. The molecule has 0 radical (unpaired) electrons. The molecule has 1 aliphatic heterocycles. The highest BCUT2D eigenvalue weighted by Crippen LogP contribution is 2.22. The van der Waals surface area contributed by atoms with Crippen molar-refractivity contribution >= 4 is 40.6 Å². The van der Waals surface area contributed by atoms with E-state index in [1.165, 1.54) is 6.07 Å². The third-order valence-electron chi connectivity index (χ3n) is 5.24. The zero-order chi connectivity index (χ0) is 22.4. The van der Waals surface area contributed by atoms with Crippen LogP contribution in [-0.2, 0) is 24.3 Å². The van der Waals surface area contributed by atoms with Crippen LogP contribution in [0.5, 0.6) is 0 Å². The average molecular weight is 484 g/mol. The summed E-state index contributed by atoms with van der Waals surface area (Å²) in [5.74, 6) is -0.297. The molecule has 1 amide bonds. The van der Waals surface area contributed by atoms with Crippen LogP contribution in [0.3, 0.4) is 0 Å². The number of rotatable bonds is 9. The van der Waals surface area contributed by atoms with Gasteiger partial charge < -0.3 is 9.87 Å². The molecule has 2 atom stereocenters. The van der Waals surface area contributed by atoms with Crippen LogP contribution in [0.15, 0.2) is 41.3 Å². The van der Waals surface area contributed by atoms with E-state index < -0.39 is 11.2 Å². The lowest BCUT2D eigenvalue weighted by molar-refractivity contribution is 0.0950. The fourth-order valence-electron chi connectivity index (χ4n) is 3.64. The number of carbonyl (C=O) groups is 1. The number of amides is 1. The minimum absolute atomic E-state index is 0.168.